The fourth-order valence-electron chi connectivity index (χ4n) is 6.97. The van der Waals surface area contributed by atoms with Crippen LogP contribution in [0.15, 0.2) is 0 Å². The average molecular weight is 322 g/mol. The van der Waals surface area contributed by atoms with Gasteiger partial charge in [-0.25, -0.2) is 0 Å². The standard InChI is InChI=1S/C19H30O4/c1-16-7-3-12(20)11-18(16,22)9-5-14-13(16)4-8-17(2)15(21)6-10-19(14,17)23/h12-14,20,22-23H,3-11H2,1-2H3/t12-,13-,14+,16+,17+,18+,19-/m0/s1. The molecule has 0 aromatic rings. The summed E-state index contributed by atoms with van der Waals surface area (Å²) in [6.07, 6.45) is 5.72. The van der Waals surface area contributed by atoms with E-state index in [-0.39, 0.29) is 23.0 Å². The maximum atomic E-state index is 12.4. The van der Waals surface area contributed by atoms with Crippen molar-refractivity contribution in [2.75, 3.05) is 0 Å². The number of carbonyl (C=O) groups is 1. The van der Waals surface area contributed by atoms with E-state index in [2.05, 4.69) is 6.92 Å². The van der Waals surface area contributed by atoms with Crippen LogP contribution in [0, 0.1) is 22.7 Å². The van der Waals surface area contributed by atoms with Crippen molar-refractivity contribution < 1.29 is 20.1 Å². The molecule has 4 heteroatoms. The van der Waals surface area contributed by atoms with Gasteiger partial charge in [0.05, 0.1) is 22.7 Å². The molecule has 0 radical (unpaired) electrons. The van der Waals surface area contributed by atoms with Crippen molar-refractivity contribution in [3.8, 4) is 0 Å². The molecule has 0 aliphatic heterocycles. The normalized spacial score (nSPS) is 59.2. The van der Waals surface area contributed by atoms with E-state index in [9.17, 15) is 20.1 Å². The third kappa shape index (κ3) is 1.75. The van der Waals surface area contributed by atoms with E-state index in [4.69, 9.17) is 0 Å². The second-order valence-electron chi connectivity index (χ2n) is 9.32. The molecule has 0 spiro atoms. The van der Waals surface area contributed by atoms with Gasteiger partial charge in [0.15, 0.2) is 0 Å². The summed E-state index contributed by atoms with van der Waals surface area (Å²) in [5, 5.41) is 32.9. The number of carbonyl (C=O) groups excluding carboxylic acids is 1. The zero-order valence-electron chi connectivity index (χ0n) is 14.3. The quantitative estimate of drug-likeness (QED) is 0.639. The van der Waals surface area contributed by atoms with Crippen LogP contribution in [0.4, 0.5) is 0 Å². The lowest BCUT2D eigenvalue weighted by Gasteiger charge is -2.65. The summed E-state index contributed by atoms with van der Waals surface area (Å²) in [7, 11) is 0. The van der Waals surface area contributed by atoms with Crippen LogP contribution < -0.4 is 0 Å². The first-order valence-electron chi connectivity index (χ1n) is 9.32. The van der Waals surface area contributed by atoms with E-state index < -0.39 is 22.7 Å². The molecule has 4 aliphatic rings. The van der Waals surface area contributed by atoms with Gasteiger partial charge in [0, 0.05) is 12.8 Å². The summed E-state index contributed by atoms with van der Waals surface area (Å²) < 4.78 is 0. The Kier molecular flexibility index (Phi) is 3.20. The molecule has 0 bridgehead atoms. The summed E-state index contributed by atoms with van der Waals surface area (Å²) in [4.78, 5) is 12.4. The van der Waals surface area contributed by atoms with E-state index >= 15 is 0 Å². The van der Waals surface area contributed by atoms with Gasteiger partial charge in [0.25, 0.3) is 0 Å². The minimum atomic E-state index is -0.895. The van der Waals surface area contributed by atoms with Crippen LogP contribution in [0.1, 0.15) is 71.6 Å². The molecule has 4 aliphatic carbocycles. The number of Topliss-reactive ketones (excluding diaryl/α,β-unsaturated/α-hetero) is 1. The van der Waals surface area contributed by atoms with Crippen molar-refractivity contribution in [2.24, 2.45) is 22.7 Å². The van der Waals surface area contributed by atoms with Gasteiger partial charge in [-0.2, -0.15) is 0 Å². The van der Waals surface area contributed by atoms with Crippen molar-refractivity contribution in [3.63, 3.8) is 0 Å². The van der Waals surface area contributed by atoms with Crippen molar-refractivity contribution >= 4 is 5.78 Å². The van der Waals surface area contributed by atoms with Crippen LogP contribution in [0.5, 0.6) is 0 Å². The van der Waals surface area contributed by atoms with Crippen molar-refractivity contribution in [1.29, 1.82) is 0 Å². The number of hydrogen-bond donors (Lipinski definition) is 3. The molecular weight excluding hydrogens is 292 g/mol. The van der Waals surface area contributed by atoms with E-state index in [1.807, 2.05) is 6.92 Å². The molecule has 23 heavy (non-hydrogen) atoms. The summed E-state index contributed by atoms with van der Waals surface area (Å²) in [6.45, 7) is 4.13. The Balaban J connectivity index is 1.73. The van der Waals surface area contributed by atoms with Crippen molar-refractivity contribution in [2.45, 2.75) is 88.9 Å². The average Bonchev–Trinajstić information content (AvgIpc) is 2.73. The Labute approximate surface area is 138 Å². The maximum Gasteiger partial charge on any atom is 0.141 e. The third-order valence-corrected chi connectivity index (χ3v) is 8.68. The van der Waals surface area contributed by atoms with Crippen LogP contribution in [-0.4, -0.2) is 38.4 Å². The lowest BCUT2D eigenvalue weighted by atomic mass is 9.42. The van der Waals surface area contributed by atoms with Gasteiger partial charge in [-0.15, -0.1) is 0 Å². The van der Waals surface area contributed by atoms with E-state index in [0.29, 0.717) is 25.7 Å². The molecule has 4 rings (SSSR count). The minimum absolute atomic E-state index is 0.105. The van der Waals surface area contributed by atoms with Crippen molar-refractivity contribution in [1.82, 2.24) is 0 Å². The molecule has 7 atom stereocenters. The summed E-state index contributed by atoms with van der Waals surface area (Å²) in [6, 6.07) is 0. The molecule has 4 saturated carbocycles. The molecule has 0 saturated heterocycles. The zero-order valence-corrected chi connectivity index (χ0v) is 14.3. The second kappa shape index (κ2) is 4.59. The zero-order chi connectivity index (χ0) is 16.7. The number of rotatable bonds is 0. The molecule has 0 aromatic carbocycles. The molecule has 4 nitrogen and oxygen atoms in total. The van der Waals surface area contributed by atoms with Crippen LogP contribution >= 0.6 is 0 Å². The fraction of sp³-hybridized carbons (Fsp3) is 0.947. The van der Waals surface area contributed by atoms with E-state index in [0.717, 1.165) is 32.1 Å². The van der Waals surface area contributed by atoms with Gasteiger partial charge >= 0.3 is 0 Å². The number of aliphatic hydroxyl groups is 3. The van der Waals surface area contributed by atoms with Gasteiger partial charge in [-0.1, -0.05) is 6.92 Å². The van der Waals surface area contributed by atoms with Crippen LogP contribution in [-0.2, 0) is 4.79 Å². The SMILES string of the molecule is C[C@]12CC[C@H]3[C@@H](CC[C@@]4(O)C[C@@H](O)CC[C@]34C)[C@@]1(O)CCC2=O. The topological polar surface area (TPSA) is 77.8 Å². The first-order chi connectivity index (χ1) is 10.7. The predicted octanol–water partition coefficient (Wildman–Crippen LogP) is 2.19. The first kappa shape index (κ1) is 16.0. The molecule has 130 valence electrons. The lowest BCUT2D eigenvalue weighted by Crippen LogP contribution is -2.67. The summed E-state index contributed by atoms with van der Waals surface area (Å²) in [5.74, 6) is 0.578. The Bertz CT molecular complexity index is 547. The van der Waals surface area contributed by atoms with E-state index in [1.54, 1.807) is 0 Å². The molecule has 0 heterocycles. The minimum Gasteiger partial charge on any atom is -0.393 e. The monoisotopic (exact) mass is 322 g/mol. The summed E-state index contributed by atoms with van der Waals surface area (Å²) in [5.41, 5.74) is -2.56. The number of ketones is 1. The smallest absolute Gasteiger partial charge is 0.141 e. The van der Waals surface area contributed by atoms with Crippen LogP contribution in [0.3, 0.4) is 0 Å². The van der Waals surface area contributed by atoms with Gasteiger partial charge in [-0.05, 0) is 69.1 Å². The fourth-order valence-corrected chi connectivity index (χ4v) is 6.97. The molecule has 0 amide bonds. The highest BCUT2D eigenvalue weighted by atomic mass is 16.3. The number of hydrogen-bond acceptors (Lipinski definition) is 4. The second-order valence-corrected chi connectivity index (χ2v) is 9.32. The predicted molar refractivity (Wildman–Crippen MR) is 85.7 cm³/mol. The first-order valence-corrected chi connectivity index (χ1v) is 9.32. The highest BCUT2D eigenvalue weighted by Crippen LogP contribution is 2.67. The molecule has 3 N–H and O–H groups in total. The number of fused-ring (bicyclic) bond motifs is 5. The Morgan fingerprint density at radius 1 is 0.957 bits per heavy atom. The van der Waals surface area contributed by atoms with Crippen molar-refractivity contribution in [3.05, 3.63) is 0 Å². The molecule has 4 fully saturated rings. The largest absolute Gasteiger partial charge is 0.393 e. The Hall–Kier alpha value is -0.450. The number of aliphatic hydroxyl groups excluding tert-OH is 1. The van der Waals surface area contributed by atoms with E-state index in [1.165, 1.54) is 0 Å². The Morgan fingerprint density at radius 3 is 2.39 bits per heavy atom. The van der Waals surface area contributed by atoms with Crippen LogP contribution in [0.25, 0.3) is 0 Å². The molecule has 0 unspecified atom stereocenters. The van der Waals surface area contributed by atoms with Gasteiger partial charge in [0.1, 0.15) is 5.78 Å². The molecule has 0 aromatic heterocycles. The summed E-state index contributed by atoms with van der Waals surface area (Å²) >= 11 is 0. The highest BCUT2D eigenvalue weighted by Gasteiger charge is 2.69. The molecular formula is C19H30O4. The Morgan fingerprint density at radius 2 is 1.65 bits per heavy atom. The maximum absolute atomic E-state index is 12.4. The van der Waals surface area contributed by atoms with Crippen LogP contribution in [0.2, 0.25) is 0 Å². The third-order valence-electron chi connectivity index (χ3n) is 8.68. The van der Waals surface area contributed by atoms with Gasteiger partial charge in [-0.3, -0.25) is 4.79 Å². The van der Waals surface area contributed by atoms with Gasteiger partial charge in [0.2, 0.25) is 0 Å². The lowest BCUT2D eigenvalue weighted by molar-refractivity contribution is -0.249. The highest BCUT2D eigenvalue weighted by molar-refractivity contribution is 5.88. The van der Waals surface area contributed by atoms with Gasteiger partial charge < -0.3 is 15.3 Å².